The highest BCUT2D eigenvalue weighted by Crippen LogP contribution is 2.29. The van der Waals surface area contributed by atoms with Crippen molar-refractivity contribution in [1.82, 2.24) is 24.8 Å². The van der Waals surface area contributed by atoms with Crippen LogP contribution in [0.1, 0.15) is 62.5 Å². The van der Waals surface area contributed by atoms with Crippen LogP contribution in [0.25, 0.3) is 0 Å². The van der Waals surface area contributed by atoms with E-state index in [1.54, 1.807) is 10.9 Å². The molecule has 2 fully saturated rings. The summed E-state index contributed by atoms with van der Waals surface area (Å²) >= 11 is 0. The number of hydrogen-bond acceptors (Lipinski definition) is 6. The Labute approximate surface area is 160 Å². The van der Waals surface area contributed by atoms with Gasteiger partial charge in [0.05, 0.1) is 25.4 Å². The monoisotopic (exact) mass is 377 g/mol. The third-order valence-electron chi connectivity index (χ3n) is 5.46. The number of esters is 1. The van der Waals surface area contributed by atoms with Crippen LogP contribution in [0.15, 0.2) is 6.20 Å². The lowest BCUT2D eigenvalue weighted by molar-refractivity contribution is -0.136. The predicted octanol–water partition coefficient (Wildman–Crippen LogP) is 1.74. The zero-order valence-electron chi connectivity index (χ0n) is 16.6. The number of hydrogen-bond donors (Lipinski definition) is 0. The Bertz CT molecular complexity index is 652. The van der Waals surface area contributed by atoms with Gasteiger partial charge in [-0.1, -0.05) is 31.9 Å². The van der Waals surface area contributed by atoms with Crippen molar-refractivity contribution < 1.29 is 14.3 Å². The molecule has 0 bridgehead atoms. The molecule has 150 valence electrons. The normalized spacial score (nSPS) is 24.2. The molecule has 0 aliphatic carbocycles. The average molecular weight is 377 g/mol. The summed E-state index contributed by atoms with van der Waals surface area (Å²) in [6.07, 6.45) is 6.94. The van der Waals surface area contributed by atoms with Crippen molar-refractivity contribution in [2.75, 3.05) is 33.3 Å². The van der Waals surface area contributed by atoms with Crippen molar-refractivity contribution in [2.45, 2.75) is 58.0 Å². The van der Waals surface area contributed by atoms with Crippen LogP contribution >= 0.6 is 0 Å². The zero-order chi connectivity index (χ0) is 19.4. The molecule has 0 saturated carbocycles. The number of aromatic nitrogens is 3. The molecule has 0 radical (unpaired) electrons. The van der Waals surface area contributed by atoms with Gasteiger partial charge in [0, 0.05) is 26.2 Å². The van der Waals surface area contributed by atoms with Gasteiger partial charge < -0.3 is 9.64 Å². The Morgan fingerprint density at radius 3 is 2.56 bits per heavy atom. The number of likely N-dealkylation sites (tertiary alicyclic amines) is 2. The molecule has 3 heterocycles. The molecule has 1 aromatic rings. The Hall–Kier alpha value is -1.96. The number of nitrogens with zero attached hydrogens (tertiary/aromatic N) is 5. The van der Waals surface area contributed by atoms with Gasteiger partial charge in [0.25, 0.3) is 0 Å². The van der Waals surface area contributed by atoms with Crippen LogP contribution in [0, 0.1) is 5.92 Å². The second-order valence-electron chi connectivity index (χ2n) is 8.07. The van der Waals surface area contributed by atoms with Gasteiger partial charge in [0.1, 0.15) is 0 Å². The fourth-order valence-electron chi connectivity index (χ4n) is 4.15. The first-order valence-corrected chi connectivity index (χ1v) is 10.0. The van der Waals surface area contributed by atoms with Gasteiger partial charge in [0.15, 0.2) is 5.69 Å². The Kier molecular flexibility index (Phi) is 6.46. The SMILES string of the molecule is COC(=O)c1cn([C@@H]2C[C@@H](C(=O)N3CCCCCC3)N(CC(C)C)C2)nn1. The molecule has 2 saturated heterocycles. The van der Waals surface area contributed by atoms with E-state index in [-0.39, 0.29) is 23.7 Å². The van der Waals surface area contributed by atoms with Gasteiger partial charge in [-0.25, -0.2) is 9.48 Å². The highest BCUT2D eigenvalue weighted by atomic mass is 16.5. The third-order valence-corrected chi connectivity index (χ3v) is 5.46. The smallest absolute Gasteiger partial charge is 0.360 e. The van der Waals surface area contributed by atoms with E-state index in [1.165, 1.54) is 20.0 Å². The molecule has 2 aliphatic rings. The standard InChI is InChI=1S/C19H31N5O3/c1-14(2)11-23-12-15(24-13-16(20-21-24)19(26)27-3)10-17(23)18(25)22-8-6-4-5-7-9-22/h13-15,17H,4-12H2,1-3H3/t15-,17+/m1/s1. The third kappa shape index (κ3) is 4.66. The minimum atomic E-state index is -0.490. The quantitative estimate of drug-likeness (QED) is 0.727. The Balaban J connectivity index is 1.74. The highest BCUT2D eigenvalue weighted by molar-refractivity contribution is 5.86. The van der Waals surface area contributed by atoms with Gasteiger partial charge >= 0.3 is 5.97 Å². The fourth-order valence-corrected chi connectivity index (χ4v) is 4.15. The summed E-state index contributed by atoms with van der Waals surface area (Å²) in [5.74, 6) is 0.230. The number of ether oxygens (including phenoxy) is 1. The maximum Gasteiger partial charge on any atom is 0.360 e. The van der Waals surface area contributed by atoms with Crippen LogP contribution in [0.2, 0.25) is 0 Å². The van der Waals surface area contributed by atoms with Crippen LogP contribution in [0.3, 0.4) is 0 Å². The van der Waals surface area contributed by atoms with Crippen molar-refractivity contribution in [1.29, 1.82) is 0 Å². The summed E-state index contributed by atoms with van der Waals surface area (Å²) in [5.41, 5.74) is 0.204. The van der Waals surface area contributed by atoms with Crippen LogP contribution in [0.5, 0.6) is 0 Å². The Morgan fingerprint density at radius 1 is 1.22 bits per heavy atom. The van der Waals surface area contributed by atoms with Crippen molar-refractivity contribution in [2.24, 2.45) is 5.92 Å². The first kappa shape index (κ1) is 19.8. The first-order chi connectivity index (χ1) is 13.0. The largest absolute Gasteiger partial charge is 0.464 e. The second-order valence-corrected chi connectivity index (χ2v) is 8.07. The van der Waals surface area contributed by atoms with Gasteiger partial charge in [-0.3, -0.25) is 9.69 Å². The van der Waals surface area contributed by atoms with E-state index < -0.39 is 5.97 Å². The van der Waals surface area contributed by atoms with Crippen molar-refractivity contribution in [3.05, 3.63) is 11.9 Å². The Morgan fingerprint density at radius 2 is 1.93 bits per heavy atom. The maximum atomic E-state index is 13.2. The van der Waals surface area contributed by atoms with E-state index in [9.17, 15) is 9.59 Å². The molecule has 2 atom stereocenters. The number of rotatable bonds is 5. The first-order valence-electron chi connectivity index (χ1n) is 10.0. The molecule has 8 heteroatoms. The molecular weight excluding hydrogens is 346 g/mol. The lowest BCUT2D eigenvalue weighted by atomic mass is 10.1. The van der Waals surface area contributed by atoms with E-state index in [0.29, 0.717) is 12.3 Å². The van der Waals surface area contributed by atoms with Crippen molar-refractivity contribution in [3.63, 3.8) is 0 Å². The molecule has 8 nitrogen and oxygen atoms in total. The van der Waals surface area contributed by atoms with Crippen molar-refractivity contribution >= 4 is 11.9 Å². The molecule has 2 aliphatic heterocycles. The molecule has 0 N–H and O–H groups in total. The fraction of sp³-hybridized carbons (Fsp3) is 0.789. The number of amides is 1. The summed E-state index contributed by atoms with van der Waals surface area (Å²) in [5, 5.41) is 8.03. The number of carbonyl (C=O) groups excluding carboxylic acids is 2. The summed E-state index contributed by atoms with van der Waals surface area (Å²) in [7, 11) is 1.33. The summed E-state index contributed by atoms with van der Waals surface area (Å²) in [4.78, 5) is 29.2. The van der Waals surface area contributed by atoms with Crippen LogP contribution in [0.4, 0.5) is 0 Å². The zero-order valence-corrected chi connectivity index (χ0v) is 16.6. The molecule has 1 amide bonds. The summed E-state index contributed by atoms with van der Waals surface area (Å²) in [6, 6.07) is -0.0862. The molecule has 0 unspecified atom stereocenters. The van der Waals surface area contributed by atoms with E-state index in [4.69, 9.17) is 4.74 Å². The minimum Gasteiger partial charge on any atom is -0.464 e. The van der Waals surface area contributed by atoms with Gasteiger partial charge in [-0.2, -0.15) is 0 Å². The van der Waals surface area contributed by atoms with Crippen LogP contribution < -0.4 is 0 Å². The second kappa shape index (κ2) is 8.82. The maximum absolute atomic E-state index is 13.2. The number of carbonyl (C=O) groups is 2. The topological polar surface area (TPSA) is 80.6 Å². The van der Waals surface area contributed by atoms with Gasteiger partial charge in [0.2, 0.25) is 5.91 Å². The van der Waals surface area contributed by atoms with Crippen LogP contribution in [-0.4, -0.2) is 76.0 Å². The lowest BCUT2D eigenvalue weighted by Gasteiger charge is -2.30. The van der Waals surface area contributed by atoms with Crippen LogP contribution in [-0.2, 0) is 9.53 Å². The van der Waals surface area contributed by atoms with Gasteiger partial charge in [-0.15, -0.1) is 5.10 Å². The molecule has 3 rings (SSSR count). The van der Waals surface area contributed by atoms with E-state index >= 15 is 0 Å². The van der Waals surface area contributed by atoms with E-state index in [1.807, 2.05) is 0 Å². The molecular formula is C19H31N5O3. The van der Waals surface area contributed by atoms with Crippen molar-refractivity contribution in [3.8, 4) is 0 Å². The summed E-state index contributed by atoms with van der Waals surface area (Å²) in [6.45, 7) is 7.69. The predicted molar refractivity (Wildman–Crippen MR) is 100 cm³/mol. The lowest BCUT2D eigenvalue weighted by Crippen LogP contribution is -2.46. The minimum absolute atomic E-state index is 0.0376. The summed E-state index contributed by atoms with van der Waals surface area (Å²) < 4.78 is 6.43. The van der Waals surface area contributed by atoms with E-state index in [2.05, 4.69) is 34.0 Å². The average Bonchev–Trinajstić information content (AvgIpc) is 3.19. The van der Waals surface area contributed by atoms with E-state index in [0.717, 1.165) is 39.0 Å². The highest BCUT2D eigenvalue weighted by Gasteiger charge is 2.40. The molecule has 27 heavy (non-hydrogen) atoms. The van der Waals surface area contributed by atoms with Gasteiger partial charge in [-0.05, 0) is 25.2 Å². The molecule has 1 aromatic heterocycles. The molecule has 0 spiro atoms. The number of methoxy groups -OCH3 is 1. The molecule has 0 aromatic carbocycles.